The molecule has 0 saturated carbocycles. The summed E-state index contributed by atoms with van der Waals surface area (Å²) in [7, 11) is 0. The first-order chi connectivity index (χ1) is 14.6. The number of fused-ring (bicyclic) bond motifs is 3. The third kappa shape index (κ3) is 3.09. The molecule has 0 saturated heterocycles. The van der Waals surface area contributed by atoms with Gasteiger partial charge in [-0.25, -0.2) is 4.98 Å². The van der Waals surface area contributed by atoms with E-state index in [1.807, 2.05) is 6.07 Å². The van der Waals surface area contributed by atoms with Gasteiger partial charge in [0, 0.05) is 34.5 Å². The van der Waals surface area contributed by atoms with Crippen LogP contribution in [0.1, 0.15) is 27.2 Å². The predicted molar refractivity (Wildman–Crippen MR) is 111 cm³/mol. The van der Waals surface area contributed by atoms with Crippen molar-refractivity contribution in [2.24, 2.45) is 0 Å². The molecule has 3 aromatic heterocycles. The van der Waals surface area contributed by atoms with Crippen molar-refractivity contribution in [2.75, 3.05) is 0 Å². The second-order valence-electron chi connectivity index (χ2n) is 6.84. The monoisotopic (exact) mass is 418 g/mol. The fourth-order valence-corrected chi connectivity index (χ4v) is 4.85. The molecule has 1 aliphatic rings. The zero-order valence-electron chi connectivity index (χ0n) is 15.6. The van der Waals surface area contributed by atoms with Crippen molar-refractivity contribution in [3.8, 4) is 23.0 Å². The number of thiophene rings is 1. The first-order valence-corrected chi connectivity index (χ1v) is 10.1. The molecule has 4 aromatic rings. The summed E-state index contributed by atoms with van der Waals surface area (Å²) >= 11 is 1.60. The topological polar surface area (TPSA) is 108 Å². The number of hydrogen-bond acceptors (Lipinski definition) is 8. The van der Waals surface area contributed by atoms with Crippen molar-refractivity contribution >= 4 is 33.5 Å². The molecule has 1 aromatic carbocycles. The normalized spacial score (nSPS) is 12.7. The lowest BCUT2D eigenvalue weighted by Crippen LogP contribution is -1.99. The van der Waals surface area contributed by atoms with Crippen LogP contribution in [-0.2, 0) is 12.8 Å². The molecular weight excluding hydrogens is 404 g/mol. The highest BCUT2D eigenvalue weighted by atomic mass is 32.1. The van der Waals surface area contributed by atoms with Crippen molar-refractivity contribution in [3.05, 3.63) is 68.8 Å². The smallest absolute Gasteiger partial charge is 0.311 e. The van der Waals surface area contributed by atoms with E-state index >= 15 is 0 Å². The number of aldehydes is 1. The fourth-order valence-electron chi connectivity index (χ4n) is 3.60. The van der Waals surface area contributed by atoms with Gasteiger partial charge in [-0.05, 0) is 49.1 Å². The van der Waals surface area contributed by atoms with Gasteiger partial charge in [0.2, 0.25) is 11.6 Å². The van der Waals surface area contributed by atoms with Crippen LogP contribution in [0.5, 0.6) is 11.6 Å². The molecule has 0 N–H and O–H groups in total. The molecule has 0 spiro atoms. The zero-order valence-corrected chi connectivity index (χ0v) is 16.4. The Morgan fingerprint density at radius 1 is 1.20 bits per heavy atom. The first kappa shape index (κ1) is 18.3. The average molecular weight is 418 g/mol. The highest BCUT2D eigenvalue weighted by molar-refractivity contribution is 7.19. The van der Waals surface area contributed by atoms with Crippen LogP contribution in [0.25, 0.3) is 21.6 Å². The Balaban J connectivity index is 1.72. The number of carbonyl (C=O) groups excluding carboxylic acids is 1. The van der Waals surface area contributed by atoms with E-state index in [1.54, 1.807) is 29.8 Å². The maximum atomic E-state index is 11.5. The SMILES string of the molecule is O=Cc1ccc([N+](=O)[O-])c(Oc2nc(-c3cccnc3)nc3sc4c(c23)CCC4)c1. The average Bonchev–Trinajstić information content (AvgIpc) is 3.35. The Kier molecular flexibility index (Phi) is 4.44. The van der Waals surface area contributed by atoms with Crippen LogP contribution in [0.2, 0.25) is 0 Å². The zero-order chi connectivity index (χ0) is 20.7. The number of aryl methyl sites for hydroxylation is 2. The standard InChI is InChI=1S/C21H14N4O4S/c26-11-12-6-7-15(25(27)28)16(9-12)29-20-18-14-4-1-5-17(14)30-21(18)24-19(23-20)13-3-2-8-22-10-13/h2-3,6-11H,1,4-5H2. The summed E-state index contributed by atoms with van der Waals surface area (Å²) in [5.41, 5.74) is 1.90. The molecule has 148 valence electrons. The predicted octanol–water partition coefficient (Wildman–Crippen LogP) is 4.76. The van der Waals surface area contributed by atoms with Gasteiger partial charge in [0.05, 0.1) is 10.3 Å². The molecule has 0 atom stereocenters. The van der Waals surface area contributed by atoms with E-state index in [1.165, 1.54) is 23.1 Å². The van der Waals surface area contributed by atoms with E-state index in [0.717, 1.165) is 35.0 Å². The number of pyridine rings is 1. The van der Waals surface area contributed by atoms with Crippen molar-refractivity contribution < 1.29 is 14.5 Å². The number of rotatable bonds is 5. The Bertz CT molecular complexity index is 1300. The lowest BCUT2D eigenvalue weighted by Gasteiger charge is -2.10. The van der Waals surface area contributed by atoms with Crippen molar-refractivity contribution in [3.63, 3.8) is 0 Å². The fraction of sp³-hybridized carbons (Fsp3) is 0.143. The van der Waals surface area contributed by atoms with Gasteiger partial charge in [-0.2, -0.15) is 4.98 Å². The summed E-state index contributed by atoms with van der Waals surface area (Å²) in [6.07, 6.45) is 6.84. The Morgan fingerprint density at radius 3 is 2.87 bits per heavy atom. The summed E-state index contributed by atoms with van der Waals surface area (Å²) in [4.78, 5) is 37.6. The molecule has 0 bridgehead atoms. The molecule has 5 rings (SSSR count). The molecule has 0 radical (unpaired) electrons. The van der Waals surface area contributed by atoms with Crippen LogP contribution in [-0.4, -0.2) is 26.2 Å². The molecule has 0 fully saturated rings. The molecule has 0 unspecified atom stereocenters. The van der Waals surface area contributed by atoms with Crippen LogP contribution >= 0.6 is 11.3 Å². The summed E-state index contributed by atoms with van der Waals surface area (Å²) < 4.78 is 6.01. The van der Waals surface area contributed by atoms with Crippen LogP contribution in [0, 0.1) is 10.1 Å². The number of nitro groups is 1. The third-order valence-electron chi connectivity index (χ3n) is 4.97. The summed E-state index contributed by atoms with van der Waals surface area (Å²) in [6.45, 7) is 0. The third-order valence-corrected chi connectivity index (χ3v) is 6.16. The van der Waals surface area contributed by atoms with Gasteiger partial charge >= 0.3 is 5.69 Å². The largest absolute Gasteiger partial charge is 0.431 e. The van der Waals surface area contributed by atoms with Gasteiger partial charge in [0.1, 0.15) is 11.1 Å². The highest BCUT2D eigenvalue weighted by Crippen LogP contribution is 2.43. The van der Waals surface area contributed by atoms with Gasteiger partial charge in [0.15, 0.2) is 5.82 Å². The lowest BCUT2D eigenvalue weighted by atomic mass is 10.2. The second kappa shape index (κ2) is 7.27. The summed E-state index contributed by atoms with van der Waals surface area (Å²) in [6, 6.07) is 7.63. The summed E-state index contributed by atoms with van der Waals surface area (Å²) in [5, 5.41) is 12.3. The molecule has 3 heterocycles. The van der Waals surface area contributed by atoms with E-state index in [4.69, 9.17) is 9.72 Å². The van der Waals surface area contributed by atoms with Crippen molar-refractivity contribution in [1.29, 1.82) is 0 Å². The number of ether oxygens (including phenoxy) is 1. The number of nitro benzene ring substituents is 1. The molecule has 0 aliphatic heterocycles. The van der Waals surface area contributed by atoms with Crippen molar-refractivity contribution in [2.45, 2.75) is 19.3 Å². The van der Waals surface area contributed by atoms with Crippen LogP contribution < -0.4 is 4.74 Å². The Morgan fingerprint density at radius 2 is 2.10 bits per heavy atom. The number of benzene rings is 1. The van der Waals surface area contributed by atoms with Crippen LogP contribution in [0.15, 0.2) is 42.7 Å². The molecule has 8 nitrogen and oxygen atoms in total. The lowest BCUT2D eigenvalue weighted by molar-refractivity contribution is -0.385. The second-order valence-corrected chi connectivity index (χ2v) is 7.92. The molecule has 9 heteroatoms. The van der Waals surface area contributed by atoms with Crippen LogP contribution in [0.4, 0.5) is 5.69 Å². The number of hydrogen-bond donors (Lipinski definition) is 0. The van der Waals surface area contributed by atoms with Gasteiger partial charge in [-0.15, -0.1) is 11.3 Å². The minimum absolute atomic E-state index is 0.0281. The summed E-state index contributed by atoms with van der Waals surface area (Å²) in [5.74, 6) is 0.656. The Labute approximate surface area is 174 Å². The van der Waals surface area contributed by atoms with E-state index in [-0.39, 0.29) is 22.9 Å². The first-order valence-electron chi connectivity index (χ1n) is 9.28. The highest BCUT2D eigenvalue weighted by Gasteiger charge is 2.26. The van der Waals surface area contributed by atoms with E-state index < -0.39 is 4.92 Å². The molecule has 0 amide bonds. The molecule has 1 aliphatic carbocycles. The van der Waals surface area contributed by atoms with E-state index in [9.17, 15) is 14.9 Å². The maximum absolute atomic E-state index is 11.5. The molecular formula is C21H14N4O4S. The maximum Gasteiger partial charge on any atom is 0.311 e. The number of carbonyl (C=O) groups is 1. The van der Waals surface area contributed by atoms with Gasteiger partial charge < -0.3 is 4.74 Å². The van der Waals surface area contributed by atoms with Gasteiger partial charge in [-0.1, -0.05) is 0 Å². The quantitative estimate of drug-likeness (QED) is 0.261. The Hall–Kier alpha value is -3.72. The van der Waals surface area contributed by atoms with Crippen LogP contribution in [0.3, 0.4) is 0 Å². The van der Waals surface area contributed by atoms with Gasteiger partial charge in [-0.3, -0.25) is 19.9 Å². The number of nitrogens with zero attached hydrogens (tertiary/aromatic N) is 4. The number of aromatic nitrogens is 3. The van der Waals surface area contributed by atoms with E-state index in [0.29, 0.717) is 17.7 Å². The van der Waals surface area contributed by atoms with Gasteiger partial charge in [0.25, 0.3) is 0 Å². The van der Waals surface area contributed by atoms with E-state index in [2.05, 4.69) is 9.97 Å². The minimum atomic E-state index is -0.539. The van der Waals surface area contributed by atoms with Crippen molar-refractivity contribution in [1.82, 2.24) is 15.0 Å². The molecule has 30 heavy (non-hydrogen) atoms. The minimum Gasteiger partial charge on any atom is -0.431 e.